The maximum atomic E-state index is 12.4. The lowest BCUT2D eigenvalue weighted by Gasteiger charge is -2.02. The van der Waals surface area contributed by atoms with E-state index in [0.717, 1.165) is 21.5 Å². The summed E-state index contributed by atoms with van der Waals surface area (Å²) in [5.41, 5.74) is -1.89. The quantitative estimate of drug-likeness (QED) is 0.434. The Kier molecular flexibility index (Phi) is 2.70. The first-order valence-corrected chi connectivity index (χ1v) is 8.16. The van der Waals surface area contributed by atoms with E-state index in [1.807, 2.05) is 12.1 Å². The molecule has 0 N–H and O–H groups in total. The Labute approximate surface area is 144 Å². The molecular formula is C20H11NO5. The highest BCUT2D eigenvalue weighted by atomic mass is 16.4. The summed E-state index contributed by atoms with van der Waals surface area (Å²) in [4.78, 5) is 48.3. The molecule has 0 radical (unpaired) electrons. The Morgan fingerprint density at radius 3 is 1.42 bits per heavy atom. The molecule has 0 bridgehead atoms. The normalized spacial score (nSPS) is 12.0. The van der Waals surface area contributed by atoms with Gasteiger partial charge in [0, 0.05) is 6.54 Å². The summed E-state index contributed by atoms with van der Waals surface area (Å²) in [5, 5.41) is 4.34. The van der Waals surface area contributed by atoms with Crippen LogP contribution in [0.25, 0.3) is 43.1 Å². The molecule has 0 atom stereocenters. The number of hydrogen-bond acceptors (Lipinski definition) is 5. The summed E-state index contributed by atoms with van der Waals surface area (Å²) in [5.74, 6) is 0. The number of aromatic nitrogens is 1. The van der Waals surface area contributed by atoms with E-state index < -0.39 is 11.3 Å². The Morgan fingerprint density at radius 1 is 0.654 bits per heavy atom. The van der Waals surface area contributed by atoms with Crippen molar-refractivity contribution in [2.75, 3.05) is 0 Å². The predicted molar refractivity (Wildman–Crippen MR) is 99.8 cm³/mol. The van der Waals surface area contributed by atoms with E-state index in [4.69, 9.17) is 0 Å². The highest BCUT2D eigenvalue weighted by Crippen LogP contribution is 2.27. The maximum absolute atomic E-state index is 12.4. The van der Waals surface area contributed by atoms with Gasteiger partial charge in [0.15, 0.2) is 0 Å². The Morgan fingerprint density at radius 2 is 1.04 bits per heavy atom. The fourth-order valence-corrected chi connectivity index (χ4v) is 3.66. The molecule has 0 spiro atoms. The van der Waals surface area contributed by atoms with Gasteiger partial charge in [-0.05, 0) is 64.9 Å². The highest BCUT2D eigenvalue weighted by molar-refractivity contribution is 6.07. The topological polar surface area (TPSA) is 86.3 Å². The van der Waals surface area contributed by atoms with E-state index in [2.05, 4.69) is 4.42 Å². The molecule has 5 rings (SSSR count). The van der Waals surface area contributed by atoms with Crippen LogP contribution in [0.4, 0.5) is 0 Å². The third-order valence-electron chi connectivity index (χ3n) is 4.96. The van der Waals surface area contributed by atoms with Crippen molar-refractivity contribution in [1.82, 2.24) is 4.57 Å². The predicted octanol–water partition coefficient (Wildman–Crippen LogP) is 2.03. The molecule has 5 aromatic rings. The molecule has 3 aromatic carbocycles. The number of nitrogens with zero attached hydrogens (tertiary/aromatic N) is 1. The Balaban J connectivity index is 1.97. The SMILES string of the molecule is CCn1c(=O)c2cc3cc4cc5c(=O)oc(=O)c5cc4cc3cc2c1=O. The third-order valence-corrected chi connectivity index (χ3v) is 4.96. The van der Waals surface area contributed by atoms with Gasteiger partial charge in [-0.15, -0.1) is 0 Å². The molecule has 0 aliphatic carbocycles. The zero-order valence-corrected chi connectivity index (χ0v) is 13.7. The van der Waals surface area contributed by atoms with Gasteiger partial charge in [0.2, 0.25) is 0 Å². The van der Waals surface area contributed by atoms with Crippen LogP contribution in [0.2, 0.25) is 0 Å². The van der Waals surface area contributed by atoms with Crippen LogP contribution in [0.1, 0.15) is 6.92 Å². The largest absolute Gasteiger partial charge is 0.386 e. The van der Waals surface area contributed by atoms with Gasteiger partial charge in [-0.3, -0.25) is 14.2 Å². The third kappa shape index (κ3) is 1.75. The summed E-state index contributed by atoms with van der Waals surface area (Å²) in [6.45, 7) is 2.08. The minimum atomic E-state index is -0.652. The molecule has 0 amide bonds. The lowest BCUT2D eigenvalue weighted by Crippen LogP contribution is -2.23. The summed E-state index contributed by atoms with van der Waals surface area (Å²) in [7, 11) is 0. The van der Waals surface area contributed by atoms with Crippen molar-refractivity contribution in [1.29, 1.82) is 0 Å². The van der Waals surface area contributed by atoms with Crippen molar-refractivity contribution >= 4 is 43.1 Å². The van der Waals surface area contributed by atoms with Gasteiger partial charge in [-0.1, -0.05) is 0 Å². The van der Waals surface area contributed by atoms with Crippen LogP contribution in [0, 0.1) is 0 Å². The monoisotopic (exact) mass is 345 g/mol. The van der Waals surface area contributed by atoms with Gasteiger partial charge < -0.3 is 4.42 Å². The first-order valence-electron chi connectivity index (χ1n) is 8.16. The fourth-order valence-electron chi connectivity index (χ4n) is 3.66. The standard InChI is InChI=1S/C20H11NO5/c1-2-21-17(22)13-5-9-3-11-7-15-16(20(25)26-19(15)24)8-12(11)4-10(9)6-14(13)18(21)23/h3-8H,2H2,1H3. The van der Waals surface area contributed by atoms with Crippen LogP contribution in [0.15, 0.2) is 60.0 Å². The second-order valence-corrected chi connectivity index (χ2v) is 6.37. The van der Waals surface area contributed by atoms with Crippen molar-refractivity contribution in [2.24, 2.45) is 0 Å². The highest BCUT2D eigenvalue weighted by Gasteiger charge is 2.14. The molecule has 0 aliphatic rings. The molecule has 6 nitrogen and oxygen atoms in total. The minimum Gasteiger partial charge on any atom is -0.386 e. The van der Waals surface area contributed by atoms with Crippen LogP contribution in [-0.4, -0.2) is 4.57 Å². The zero-order chi connectivity index (χ0) is 18.2. The molecule has 0 unspecified atom stereocenters. The average molecular weight is 345 g/mol. The molecule has 0 saturated carbocycles. The van der Waals surface area contributed by atoms with Crippen molar-refractivity contribution in [2.45, 2.75) is 13.5 Å². The number of rotatable bonds is 1. The molecule has 2 aromatic heterocycles. The van der Waals surface area contributed by atoms with Crippen LogP contribution in [0.3, 0.4) is 0 Å². The molecule has 6 heteroatoms. The van der Waals surface area contributed by atoms with Gasteiger partial charge in [0.05, 0.1) is 21.5 Å². The molecule has 0 fully saturated rings. The maximum Gasteiger partial charge on any atom is 0.346 e. The van der Waals surface area contributed by atoms with Crippen LogP contribution in [-0.2, 0) is 6.54 Å². The van der Waals surface area contributed by atoms with E-state index in [0.29, 0.717) is 17.3 Å². The molecule has 2 heterocycles. The minimum absolute atomic E-state index is 0.242. The van der Waals surface area contributed by atoms with Crippen LogP contribution >= 0.6 is 0 Å². The first kappa shape index (κ1) is 14.8. The van der Waals surface area contributed by atoms with Crippen molar-refractivity contribution in [3.8, 4) is 0 Å². The number of hydrogen-bond donors (Lipinski definition) is 0. The summed E-state index contributed by atoms with van der Waals surface area (Å²) in [6, 6.07) is 10.3. The second-order valence-electron chi connectivity index (χ2n) is 6.37. The Hall–Kier alpha value is -3.54. The zero-order valence-electron chi connectivity index (χ0n) is 13.7. The van der Waals surface area contributed by atoms with Crippen LogP contribution in [0.5, 0.6) is 0 Å². The van der Waals surface area contributed by atoms with E-state index in [1.165, 1.54) is 4.57 Å². The van der Waals surface area contributed by atoms with Gasteiger partial charge >= 0.3 is 11.3 Å². The lowest BCUT2D eigenvalue weighted by atomic mass is 10.00. The molecule has 26 heavy (non-hydrogen) atoms. The van der Waals surface area contributed by atoms with Gasteiger partial charge in [-0.2, -0.15) is 0 Å². The van der Waals surface area contributed by atoms with Crippen molar-refractivity contribution in [3.63, 3.8) is 0 Å². The lowest BCUT2D eigenvalue weighted by molar-refractivity contribution is 0.500. The number of fused-ring (bicyclic) bond motifs is 4. The van der Waals surface area contributed by atoms with Crippen LogP contribution < -0.4 is 22.4 Å². The Bertz CT molecular complexity index is 1480. The molecule has 0 aliphatic heterocycles. The summed E-state index contributed by atoms with van der Waals surface area (Å²) in [6.07, 6.45) is 0. The van der Waals surface area contributed by atoms with E-state index >= 15 is 0 Å². The summed E-state index contributed by atoms with van der Waals surface area (Å²) < 4.78 is 5.86. The molecule has 126 valence electrons. The summed E-state index contributed by atoms with van der Waals surface area (Å²) >= 11 is 0. The fraction of sp³-hybridized carbons (Fsp3) is 0.100. The van der Waals surface area contributed by atoms with Gasteiger partial charge in [0.1, 0.15) is 0 Å². The van der Waals surface area contributed by atoms with Gasteiger partial charge in [0.25, 0.3) is 11.1 Å². The number of benzene rings is 3. The molecular weight excluding hydrogens is 334 g/mol. The second kappa shape index (κ2) is 4.76. The van der Waals surface area contributed by atoms with E-state index in [1.54, 1.807) is 31.2 Å². The number of furan rings is 1. The van der Waals surface area contributed by atoms with Crippen molar-refractivity contribution < 1.29 is 4.42 Å². The van der Waals surface area contributed by atoms with E-state index in [9.17, 15) is 19.2 Å². The van der Waals surface area contributed by atoms with Crippen molar-refractivity contribution in [3.05, 3.63) is 77.9 Å². The average Bonchev–Trinajstić information content (AvgIpc) is 3.03. The van der Waals surface area contributed by atoms with E-state index in [-0.39, 0.29) is 21.9 Å². The van der Waals surface area contributed by atoms with Gasteiger partial charge in [-0.25, -0.2) is 9.59 Å². The smallest absolute Gasteiger partial charge is 0.346 e. The molecule has 0 saturated heterocycles. The first-order chi connectivity index (χ1) is 12.5.